The van der Waals surface area contributed by atoms with Crippen molar-refractivity contribution in [3.8, 4) is 0 Å². The van der Waals surface area contributed by atoms with Gasteiger partial charge in [-0.15, -0.1) is 0 Å². The Bertz CT molecular complexity index is 303. The lowest BCUT2D eigenvalue weighted by atomic mass is 9.96. The van der Waals surface area contributed by atoms with Crippen molar-refractivity contribution in [1.29, 1.82) is 0 Å². The van der Waals surface area contributed by atoms with E-state index < -0.39 is 17.9 Å². The topological polar surface area (TPSA) is 98.0 Å². The van der Waals surface area contributed by atoms with Crippen molar-refractivity contribution in [2.45, 2.75) is 31.2 Å². The number of rotatable bonds is 4. The lowest BCUT2D eigenvalue weighted by molar-refractivity contribution is -0.174. The Balaban J connectivity index is 2.50. The monoisotopic (exact) mass is 214 g/mol. The molecule has 1 aliphatic carbocycles. The van der Waals surface area contributed by atoms with Crippen LogP contribution in [0.25, 0.3) is 0 Å². The number of aliphatic carboxylic acids is 1. The smallest absolute Gasteiger partial charge is 0.303 e. The molecule has 0 amide bonds. The fourth-order valence-corrected chi connectivity index (χ4v) is 1.36. The fourth-order valence-electron chi connectivity index (χ4n) is 1.36. The zero-order valence-corrected chi connectivity index (χ0v) is 8.13. The van der Waals surface area contributed by atoms with Gasteiger partial charge in [0.2, 0.25) is 5.79 Å². The predicted octanol–water partition coefficient (Wildman–Crippen LogP) is -0.221. The van der Waals surface area contributed by atoms with Crippen LogP contribution in [-0.2, 0) is 4.79 Å². The molecule has 0 saturated heterocycles. The second kappa shape index (κ2) is 4.57. The van der Waals surface area contributed by atoms with Crippen LogP contribution in [0.4, 0.5) is 0 Å². The Morgan fingerprint density at radius 1 is 1.47 bits per heavy atom. The summed E-state index contributed by atoms with van der Waals surface area (Å²) < 4.78 is 0. The average Bonchev–Trinajstić information content (AvgIpc) is 2.10. The minimum atomic E-state index is -2.24. The van der Waals surface area contributed by atoms with Gasteiger partial charge in [-0.25, -0.2) is 0 Å². The summed E-state index contributed by atoms with van der Waals surface area (Å²) in [6, 6.07) is 0. The summed E-state index contributed by atoms with van der Waals surface area (Å²) in [6.07, 6.45) is 3.56. The van der Waals surface area contributed by atoms with E-state index in [9.17, 15) is 15.0 Å². The van der Waals surface area contributed by atoms with E-state index in [-0.39, 0.29) is 6.42 Å². The standard InChI is InChI=1S/C10H14O5/c11-8-5-4-7(6-10(8,14)15)2-1-3-9(12)13/h4-6,8,11,14-15H,1-3H2,(H,12,13). The largest absolute Gasteiger partial charge is 0.481 e. The molecular weight excluding hydrogens is 200 g/mol. The van der Waals surface area contributed by atoms with Gasteiger partial charge in [-0.05, 0) is 24.5 Å². The highest BCUT2D eigenvalue weighted by Crippen LogP contribution is 2.22. The van der Waals surface area contributed by atoms with Crippen LogP contribution in [0.15, 0.2) is 23.8 Å². The first-order chi connectivity index (χ1) is 6.92. The number of aliphatic hydroxyl groups excluding tert-OH is 1. The van der Waals surface area contributed by atoms with E-state index in [4.69, 9.17) is 10.2 Å². The average molecular weight is 214 g/mol. The predicted molar refractivity (Wildman–Crippen MR) is 51.9 cm³/mol. The zero-order chi connectivity index (χ0) is 11.5. The quantitative estimate of drug-likeness (QED) is 0.485. The fraction of sp³-hybridized carbons (Fsp3) is 0.500. The molecule has 0 radical (unpaired) electrons. The van der Waals surface area contributed by atoms with Gasteiger partial charge in [0.15, 0.2) is 0 Å². The van der Waals surface area contributed by atoms with Gasteiger partial charge in [0.05, 0.1) is 0 Å². The van der Waals surface area contributed by atoms with Gasteiger partial charge in [0.25, 0.3) is 0 Å². The van der Waals surface area contributed by atoms with Crippen LogP contribution in [0.5, 0.6) is 0 Å². The summed E-state index contributed by atoms with van der Waals surface area (Å²) >= 11 is 0. The maximum Gasteiger partial charge on any atom is 0.303 e. The molecule has 1 aliphatic rings. The second-order valence-corrected chi connectivity index (χ2v) is 3.55. The van der Waals surface area contributed by atoms with Gasteiger partial charge in [-0.3, -0.25) is 4.79 Å². The molecule has 0 heterocycles. The highest BCUT2D eigenvalue weighted by atomic mass is 16.5. The van der Waals surface area contributed by atoms with Crippen molar-refractivity contribution < 1.29 is 25.2 Å². The molecule has 0 saturated carbocycles. The number of carboxylic acids is 1. The van der Waals surface area contributed by atoms with E-state index in [1.807, 2.05) is 0 Å². The Hall–Kier alpha value is -1.17. The third-order valence-corrected chi connectivity index (χ3v) is 2.18. The summed E-state index contributed by atoms with van der Waals surface area (Å²) in [5.41, 5.74) is 0.617. The maximum absolute atomic E-state index is 10.2. The molecule has 0 spiro atoms. The molecule has 4 N–H and O–H groups in total. The number of aliphatic hydroxyl groups is 3. The molecule has 0 fully saturated rings. The minimum absolute atomic E-state index is 0.0393. The van der Waals surface area contributed by atoms with Crippen LogP contribution >= 0.6 is 0 Å². The van der Waals surface area contributed by atoms with E-state index >= 15 is 0 Å². The van der Waals surface area contributed by atoms with E-state index in [0.717, 1.165) is 6.08 Å². The Morgan fingerprint density at radius 2 is 2.13 bits per heavy atom. The van der Waals surface area contributed by atoms with E-state index in [1.54, 1.807) is 6.08 Å². The van der Waals surface area contributed by atoms with Crippen molar-refractivity contribution in [1.82, 2.24) is 0 Å². The summed E-state index contributed by atoms with van der Waals surface area (Å²) in [4.78, 5) is 10.2. The van der Waals surface area contributed by atoms with Gasteiger partial charge in [-0.1, -0.05) is 12.2 Å². The first-order valence-electron chi connectivity index (χ1n) is 4.66. The van der Waals surface area contributed by atoms with Crippen LogP contribution < -0.4 is 0 Å². The van der Waals surface area contributed by atoms with Gasteiger partial charge in [0.1, 0.15) is 6.10 Å². The van der Waals surface area contributed by atoms with Crippen LogP contribution in [-0.4, -0.2) is 38.3 Å². The molecule has 0 aromatic rings. The first kappa shape index (κ1) is 11.9. The molecule has 0 aliphatic heterocycles. The maximum atomic E-state index is 10.2. The molecule has 1 unspecified atom stereocenters. The highest BCUT2D eigenvalue weighted by Gasteiger charge is 2.31. The third-order valence-electron chi connectivity index (χ3n) is 2.18. The van der Waals surface area contributed by atoms with Crippen molar-refractivity contribution in [3.05, 3.63) is 23.8 Å². The van der Waals surface area contributed by atoms with Gasteiger partial charge < -0.3 is 20.4 Å². The van der Waals surface area contributed by atoms with E-state index in [2.05, 4.69) is 0 Å². The number of hydrogen-bond acceptors (Lipinski definition) is 4. The Kier molecular flexibility index (Phi) is 3.62. The van der Waals surface area contributed by atoms with Crippen LogP contribution in [0.2, 0.25) is 0 Å². The third kappa shape index (κ3) is 3.47. The molecule has 15 heavy (non-hydrogen) atoms. The molecule has 84 valence electrons. The van der Waals surface area contributed by atoms with Crippen molar-refractivity contribution in [2.24, 2.45) is 0 Å². The zero-order valence-electron chi connectivity index (χ0n) is 8.13. The highest BCUT2D eigenvalue weighted by molar-refractivity contribution is 5.66. The molecule has 0 aromatic carbocycles. The lowest BCUT2D eigenvalue weighted by Gasteiger charge is -2.26. The summed E-state index contributed by atoms with van der Waals surface area (Å²) in [6.45, 7) is 0. The molecule has 5 nitrogen and oxygen atoms in total. The minimum Gasteiger partial charge on any atom is -0.481 e. The SMILES string of the molecule is O=C(O)CCCC1=CC(O)(O)C(O)C=C1. The van der Waals surface area contributed by atoms with Gasteiger partial charge in [0, 0.05) is 6.42 Å². The normalized spacial score (nSPS) is 23.7. The first-order valence-corrected chi connectivity index (χ1v) is 4.66. The summed E-state index contributed by atoms with van der Waals surface area (Å²) in [5.74, 6) is -3.12. The Labute approximate surface area is 87.0 Å². The molecule has 1 atom stereocenters. The molecule has 0 bridgehead atoms. The number of hydrogen-bond donors (Lipinski definition) is 4. The summed E-state index contributed by atoms with van der Waals surface area (Å²) in [5, 5.41) is 36.1. The lowest BCUT2D eigenvalue weighted by Crippen LogP contribution is -2.40. The van der Waals surface area contributed by atoms with Gasteiger partial charge >= 0.3 is 5.97 Å². The van der Waals surface area contributed by atoms with Gasteiger partial charge in [-0.2, -0.15) is 0 Å². The summed E-state index contributed by atoms with van der Waals surface area (Å²) in [7, 11) is 0. The van der Waals surface area contributed by atoms with E-state index in [1.165, 1.54) is 6.08 Å². The number of allylic oxidation sites excluding steroid dienone is 2. The van der Waals surface area contributed by atoms with Crippen LogP contribution in [0.3, 0.4) is 0 Å². The van der Waals surface area contributed by atoms with Crippen molar-refractivity contribution in [2.75, 3.05) is 0 Å². The molecule has 5 heteroatoms. The van der Waals surface area contributed by atoms with Crippen LogP contribution in [0.1, 0.15) is 19.3 Å². The van der Waals surface area contributed by atoms with Crippen molar-refractivity contribution in [3.63, 3.8) is 0 Å². The second-order valence-electron chi connectivity index (χ2n) is 3.55. The molecule has 1 rings (SSSR count). The Morgan fingerprint density at radius 3 is 2.67 bits per heavy atom. The number of carbonyl (C=O) groups is 1. The number of carboxylic acid groups (broad SMARTS) is 1. The molecule has 0 aromatic heterocycles. The van der Waals surface area contributed by atoms with E-state index in [0.29, 0.717) is 18.4 Å². The van der Waals surface area contributed by atoms with Crippen molar-refractivity contribution >= 4 is 5.97 Å². The van der Waals surface area contributed by atoms with Crippen LogP contribution in [0, 0.1) is 0 Å². The molecular formula is C10H14O5.